The van der Waals surface area contributed by atoms with Gasteiger partial charge in [0.2, 0.25) is 0 Å². The second-order valence-electron chi connectivity index (χ2n) is 7.96. The Labute approximate surface area is 190 Å². The average molecular weight is 475 g/mol. The number of anilines is 2. The molecule has 2 N–H and O–H groups in total. The average Bonchev–Trinajstić information content (AvgIpc) is 2.96. The number of ketones is 1. The first-order chi connectivity index (χ1) is 15.1. The number of carbonyl (C=O) groups is 1. The van der Waals surface area contributed by atoms with Crippen LogP contribution in [0.25, 0.3) is 0 Å². The summed E-state index contributed by atoms with van der Waals surface area (Å²) in [6.07, 6.45) is 1.27. The molecule has 5 heteroatoms. The smallest absolute Gasteiger partial charge is 0.163 e. The Balaban J connectivity index is 1.59. The number of allylic oxidation sites excluding steroid dienone is 1. The van der Waals surface area contributed by atoms with Gasteiger partial charge in [-0.25, -0.2) is 0 Å². The fourth-order valence-electron chi connectivity index (χ4n) is 4.55. The van der Waals surface area contributed by atoms with Crippen LogP contribution < -0.4 is 15.4 Å². The molecular formula is C26H23BrN2O2. The molecular weight excluding hydrogens is 452 g/mol. The molecule has 0 bridgehead atoms. The normalized spacial score (nSPS) is 20.1. The summed E-state index contributed by atoms with van der Waals surface area (Å²) in [7, 11) is 1.66. The molecule has 4 nitrogen and oxygen atoms in total. The van der Waals surface area contributed by atoms with Crippen LogP contribution >= 0.6 is 15.9 Å². The molecule has 0 saturated carbocycles. The lowest BCUT2D eigenvalue weighted by molar-refractivity contribution is -0.116. The predicted molar refractivity (Wildman–Crippen MR) is 128 cm³/mol. The van der Waals surface area contributed by atoms with E-state index in [2.05, 4.69) is 56.9 Å². The van der Waals surface area contributed by atoms with Crippen molar-refractivity contribution < 1.29 is 9.53 Å². The van der Waals surface area contributed by atoms with E-state index >= 15 is 0 Å². The molecule has 0 unspecified atom stereocenters. The van der Waals surface area contributed by atoms with Gasteiger partial charge in [-0.3, -0.25) is 4.79 Å². The van der Waals surface area contributed by atoms with Crippen molar-refractivity contribution in [2.45, 2.75) is 24.8 Å². The van der Waals surface area contributed by atoms with Gasteiger partial charge >= 0.3 is 0 Å². The Kier molecular flexibility index (Phi) is 5.28. The summed E-state index contributed by atoms with van der Waals surface area (Å²) in [6.45, 7) is 0. The minimum absolute atomic E-state index is 0.134. The number of para-hydroxylation sites is 2. The van der Waals surface area contributed by atoms with Crippen LogP contribution in [0.1, 0.15) is 35.9 Å². The lowest BCUT2D eigenvalue weighted by atomic mass is 9.78. The minimum Gasteiger partial charge on any atom is -0.497 e. The molecule has 1 aliphatic carbocycles. The molecule has 0 saturated heterocycles. The number of carbonyl (C=O) groups excluding carboxylic acids is 1. The molecule has 5 rings (SSSR count). The number of Topliss-reactive ketones (excluding diaryl/α,β-unsaturated/α-hetero) is 1. The van der Waals surface area contributed by atoms with Crippen molar-refractivity contribution in [1.82, 2.24) is 0 Å². The Morgan fingerprint density at radius 2 is 1.61 bits per heavy atom. The van der Waals surface area contributed by atoms with E-state index in [0.717, 1.165) is 50.4 Å². The van der Waals surface area contributed by atoms with Gasteiger partial charge in [-0.2, -0.15) is 0 Å². The second-order valence-corrected chi connectivity index (χ2v) is 8.82. The highest BCUT2D eigenvalue weighted by Gasteiger charge is 2.36. The summed E-state index contributed by atoms with van der Waals surface area (Å²) < 4.78 is 6.28. The van der Waals surface area contributed by atoms with Gasteiger partial charge in [0, 0.05) is 22.2 Å². The van der Waals surface area contributed by atoms with Gasteiger partial charge in [-0.1, -0.05) is 58.4 Å². The van der Waals surface area contributed by atoms with Crippen molar-refractivity contribution in [2.75, 3.05) is 17.7 Å². The summed E-state index contributed by atoms with van der Waals surface area (Å²) in [6, 6.07) is 24.1. The van der Waals surface area contributed by atoms with Crippen LogP contribution in [-0.4, -0.2) is 12.9 Å². The van der Waals surface area contributed by atoms with Gasteiger partial charge in [-0.15, -0.1) is 0 Å². The Morgan fingerprint density at radius 1 is 0.903 bits per heavy atom. The van der Waals surface area contributed by atoms with E-state index in [4.69, 9.17) is 4.74 Å². The van der Waals surface area contributed by atoms with Crippen LogP contribution in [0.4, 0.5) is 11.4 Å². The zero-order valence-electron chi connectivity index (χ0n) is 17.2. The van der Waals surface area contributed by atoms with Crippen molar-refractivity contribution in [1.29, 1.82) is 0 Å². The first kappa shape index (κ1) is 19.9. The van der Waals surface area contributed by atoms with Crippen LogP contribution in [0.5, 0.6) is 5.75 Å². The van der Waals surface area contributed by atoms with Crippen LogP contribution in [0.3, 0.4) is 0 Å². The highest BCUT2D eigenvalue weighted by Crippen LogP contribution is 2.45. The molecule has 3 aromatic carbocycles. The Bertz CT molecular complexity index is 1170. The topological polar surface area (TPSA) is 50.4 Å². The number of fused-ring (bicyclic) bond motifs is 1. The number of hydrogen-bond donors (Lipinski definition) is 2. The maximum Gasteiger partial charge on any atom is 0.163 e. The van der Waals surface area contributed by atoms with Crippen molar-refractivity contribution in [3.63, 3.8) is 0 Å². The van der Waals surface area contributed by atoms with Gasteiger partial charge < -0.3 is 15.4 Å². The number of ether oxygens (including phenoxy) is 1. The Hall–Kier alpha value is -3.05. The van der Waals surface area contributed by atoms with Crippen molar-refractivity contribution in [2.24, 2.45) is 0 Å². The van der Waals surface area contributed by atoms with Crippen LogP contribution in [0.2, 0.25) is 0 Å². The summed E-state index contributed by atoms with van der Waals surface area (Å²) in [5.41, 5.74) is 6.03. The third-order valence-electron chi connectivity index (χ3n) is 6.11. The maximum atomic E-state index is 13.6. The summed E-state index contributed by atoms with van der Waals surface area (Å²) in [5, 5.41) is 7.22. The van der Waals surface area contributed by atoms with E-state index in [-0.39, 0.29) is 17.7 Å². The minimum atomic E-state index is -0.217. The SMILES string of the molecule is COc1ccc([C@@H]2CC(=O)C3=C(C2)Nc2ccccc2N[C@@H]3c2ccccc2Br)cc1. The van der Waals surface area contributed by atoms with E-state index in [1.165, 1.54) is 0 Å². The first-order valence-corrected chi connectivity index (χ1v) is 11.2. The van der Waals surface area contributed by atoms with Crippen LogP contribution in [0, 0.1) is 0 Å². The first-order valence-electron chi connectivity index (χ1n) is 10.4. The fourth-order valence-corrected chi connectivity index (χ4v) is 5.06. The fraction of sp³-hybridized carbons (Fsp3) is 0.192. The highest BCUT2D eigenvalue weighted by atomic mass is 79.9. The monoisotopic (exact) mass is 474 g/mol. The van der Waals surface area contributed by atoms with Gasteiger partial charge in [-0.05, 0) is 53.8 Å². The van der Waals surface area contributed by atoms with Gasteiger partial charge in [0.1, 0.15) is 5.75 Å². The zero-order valence-corrected chi connectivity index (χ0v) is 18.8. The maximum absolute atomic E-state index is 13.6. The number of benzene rings is 3. The molecule has 156 valence electrons. The van der Waals surface area contributed by atoms with Crippen LogP contribution in [-0.2, 0) is 4.79 Å². The molecule has 0 radical (unpaired) electrons. The summed E-state index contributed by atoms with van der Waals surface area (Å²) in [4.78, 5) is 13.6. The van der Waals surface area contributed by atoms with Gasteiger partial charge in [0.25, 0.3) is 0 Å². The number of halogens is 1. The van der Waals surface area contributed by atoms with E-state index in [0.29, 0.717) is 6.42 Å². The molecule has 1 heterocycles. The molecule has 2 aliphatic rings. The number of rotatable bonds is 3. The number of hydrogen-bond acceptors (Lipinski definition) is 4. The Morgan fingerprint density at radius 3 is 2.35 bits per heavy atom. The quantitative estimate of drug-likeness (QED) is 0.458. The van der Waals surface area contributed by atoms with Gasteiger partial charge in [0.05, 0.1) is 24.5 Å². The van der Waals surface area contributed by atoms with E-state index < -0.39 is 0 Å². The molecule has 0 aromatic heterocycles. The molecule has 1 aliphatic heterocycles. The van der Waals surface area contributed by atoms with Crippen molar-refractivity contribution in [3.8, 4) is 5.75 Å². The standard InChI is InChI=1S/C26H23BrN2O2/c1-31-18-12-10-16(11-13-18)17-14-23-25(24(30)15-17)26(19-6-2-3-7-20(19)27)29-22-9-5-4-8-21(22)28-23/h2-13,17,26,28-29H,14-15H2,1H3/t17-,26+/m0/s1. The lowest BCUT2D eigenvalue weighted by Gasteiger charge is -2.30. The largest absolute Gasteiger partial charge is 0.497 e. The second kappa shape index (κ2) is 8.23. The van der Waals surface area contributed by atoms with Crippen molar-refractivity contribution >= 4 is 33.1 Å². The number of nitrogens with one attached hydrogen (secondary N) is 2. The third-order valence-corrected chi connectivity index (χ3v) is 6.83. The molecule has 2 atom stereocenters. The zero-order chi connectivity index (χ0) is 21.4. The molecule has 0 spiro atoms. The molecule has 3 aromatic rings. The van der Waals surface area contributed by atoms with Gasteiger partial charge in [0.15, 0.2) is 5.78 Å². The van der Waals surface area contributed by atoms with E-state index in [1.807, 2.05) is 42.5 Å². The van der Waals surface area contributed by atoms with E-state index in [1.54, 1.807) is 7.11 Å². The lowest BCUT2D eigenvalue weighted by Crippen LogP contribution is -2.27. The van der Waals surface area contributed by atoms with Crippen LogP contribution in [0.15, 0.2) is 88.5 Å². The summed E-state index contributed by atoms with van der Waals surface area (Å²) >= 11 is 3.69. The van der Waals surface area contributed by atoms with E-state index in [9.17, 15) is 4.79 Å². The third kappa shape index (κ3) is 3.74. The number of methoxy groups -OCH3 is 1. The predicted octanol–water partition coefficient (Wildman–Crippen LogP) is 6.44. The highest BCUT2D eigenvalue weighted by molar-refractivity contribution is 9.10. The van der Waals surface area contributed by atoms with Crippen molar-refractivity contribution in [3.05, 3.63) is 99.7 Å². The molecule has 0 amide bonds. The molecule has 0 fully saturated rings. The molecule has 31 heavy (non-hydrogen) atoms. The summed E-state index contributed by atoms with van der Waals surface area (Å²) in [5.74, 6) is 1.14.